The summed E-state index contributed by atoms with van der Waals surface area (Å²) in [5.41, 5.74) is 8.46. The van der Waals surface area contributed by atoms with Gasteiger partial charge in [-0.15, -0.1) is 0 Å². The molecule has 0 atom stereocenters. The molecule has 0 saturated heterocycles. The summed E-state index contributed by atoms with van der Waals surface area (Å²) in [5, 5.41) is 7.69. The third kappa shape index (κ3) is 4.03. The molecule has 0 radical (unpaired) electrons. The summed E-state index contributed by atoms with van der Waals surface area (Å²) in [6.45, 7) is 8.10. The van der Waals surface area contributed by atoms with Gasteiger partial charge >= 0.3 is 0 Å². The molecule has 30 heavy (non-hydrogen) atoms. The molecule has 4 heteroatoms. The van der Waals surface area contributed by atoms with E-state index in [1.165, 1.54) is 5.56 Å². The Bertz CT molecular complexity index is 1220. The number of hydrogen-bond donors (Lipinski definition) is 1. The van der Waals surface area contributed by atoms with Gasteiger partial charge in [0.15, 0.2) is 5.69 Å². The van der Waals surface area contributed by atoms with E-state index in [0.717, 1.165) is 39.3 Å². The lowest BCUT2D eigenvalue weighted by Crippen LogP contribution is -2.14. The largest absolute Gasteiger partial charge is 0.320 e. The van der Waals surface area contributed by atoms with Crippen LogP contribution in [0.4, 0.5) is 5.69 Å². The van der Waals surface area contributed by atoms with Gasteiger partial charge in [-0.2, -0.15) is 5.10 Å². The van der Waals surface area contributed by atoms with E-state index in [0.29, 0.717) is 5.69 Å². The Hall–Kier alpha value is -3.66. The molecule has 4 aromatic rings. The molecule has 0 aliphatic rings. The van der Waals surface area contributed by atoms with Crippen molar-refractivity contribution in [3.05, 3.63) is 101 Å². The van der Waals surface area contributed by atoms with E-state index >= 15 is 0 Å². The SMILES string of the molecule is Cc1ccc(-c2cc(C(=O)Nc3cc(C)ccc3C)nn2-c2cccc(C)c2)cc1. The topological polar surface area (TPSA) is 46.9 Å². The standard InChI is InChI=1S/C26H25N3O/c1-17-9-12-21(13-10-17)25-16-24(28-29(25)22-7-5-6-18(2)14-22)26(30)27-23-15-19(3)8-11-20(23)4/h5-16H,1-4H3,(H,27,30). The van der Waals surface area contributed by atoms with Gasteiger partial charge in [0.05, 0.1) is 11.4 Å². The number of carbonyl (C=O) groups is 1. The van der Waals surface area contributed by atoms with E-state index < -0.39 is 0 Å². The first-order valence-corrected chi connectivity index (χ1v) is 10.0. The van der Waals surface area contributed by atoms with Gasteiger partial charge in [0.1, 0.15) is 0 Å². The van der Waals surface area contributed by atoms with Crippen LogP contribution in [0.3, 0.4) is 0 Å². The summed E-state index contributed by atoms with van der Waals surface area (Å²) in [4.78, 5) is 13.0. The molecule has 0 spiro atoms. The monoisotopic (exact) mass is 395 g/mol. The number of hydrogen-bond acceptors (Lipinski definition) is 2. The molecule has 0 fully saturated rings. The van der Waals surface area contributed by atoms with Crippen molar-refractivity contribution < 1.29 is 4.79 Å². The molecule has 3 aromatic carbocycles. The zero-order valence-electron chi connectivity index (χ0n) is 17.7. The number of nitrogens with zero attached hydrogens (tertiary/aromatic N) is 2. The summed E-state index contributed by atoms with van der Waals surface area (Å²) in [6, 6.07) is 24.3. The predicted octanol–water partition coefficient (Wildman–Crippen LogP) is 6.03. The number of aryl methyl sites for hydroxylation is 4. The van der Waals surface area contributed by atoms with Crippen molar-refractivity contribution in [1.82, 2.24) is 9.78 Å². The first kappa shape index (κ1) is 19.6. The van der Waals surface area contributed by atoms with Crippen molar-refractivity contribution in [1.29, 1.82) is 0 Å². The fraction of sp³-hybridized carbons (Fsp3) is 0.154. The number of anilines is 1. The van der Waals surface area contributed by atoms with Crippen molar-refractivity contribution in [2.24, 2.45) is 0 Å². The highest BCUT2D eigenvalue weighted by Gasteiger charge is 2.17. The third-order valence-corrected chi connectivity index (χ3v) is 5.18. The summed E-state index contributed by atoms with van der Waals surface area (Å²) in [5.74, 6) is -0.219. The molecule has 1 aromatic heterocycles. The van der Waals surface area contributed by atoms with Gasteiger partial charge in [-0.25, -0.2) is 4.68 Å². The van der Waals surface area contributed by atoms with Crippen molar-refractivity contribution in [3.8, 4) is 16.9 Å². The van der Waals surface area contributed by atoms with Gasteiger partial charge in [0, 0.05) is 11.3 Å². The number of amides is 1. The zero-order valence-corrected chi connectivity index (χ0v) is 17.7. The first-order valence-electron chi connectivity index (χ1n) is 10.0. The zero-order chi connectivity index (χ0) is 21.3. The lowest BCUT2D eigenvalue weighted by Gasteiger charge is -2.09. The molecule has 0 aliphatic carbocycles. The van der Waals surface area contributed by atoms with E-state index in [1.54, 1.807) is 0 Å². The molecule has 0 unspecified atom stereocenters. The van der Waals surface area contributed by atoms with Crippen LogP contribution in [-0.2, 0) is 0 Å². The number of rotatable bonds is 4. The summed E-state index contributed by atoms with van der Waals surface area (Å²) in [6.07, 6.45) is 0. The van der Waals surface area contributed by atoms with Crippen LogP contribution in [-0.4, -0.2) is 15.7 Å². The predicted molar refractivity (Wildman–Crippen MR) is 122 cm³/mol. The maximum atomic E-state index is 13.0. The molecule has 0 aliphatic heterocycles. The minimum absolute atomic E-state index is 0.219. The molecular formula is C26H25N3O. The number of benzene rings is 3. The van der Waals surface area contributed by atoms with Gasteiger partial charge < -0.3 is 5.32 Å². The molecule has 4 rings (SSSR count). The van der Waals surface area contributed by atoms with Crippen LogP contribution in [0.2, 0.25) is 0 Å². The van der Waals surface area contributed by atoms with Crippen LogP contribution in [0.15, 0.2) is 72.8 Å². The van der Waals surface area contributed by atoms with Crippen molar-refractivity contribution >= 4 is 11.6 Å². The minimum Gasteiger partial charge on any atom is -0.320 e. The Morgan fingerprint density at radius 3 is 2.23 bits per heavy atom. The Morgan fingerprint density at radius 2 is 1.50 bits per heavy atom. The second-order valence-corrected chi connectivity index (χ2v) is 7.80. The molecule has 150 valence electrons. The maximum Gasteiger partial charge on any atom is 0.276 e. The van der Waals surface area contributed by atoms with Crippen LogP contribution in [0, 0.1) is 27.7 Å². The van der Waals surface area contributed by atoms with Crippen molar-refractivity contribution in [2.45, 2.75) is 27.7 Å². The second-order valence-electron chi connectivity index (χ2n) is 7.80. The Kier molecular flexibility index (Phi) is 5.23. The lowest BCUT2D eigenvalue weighted by molar-refractivity contribution is 0.102. The molecule has 1 amide bonds. The van der Waals surface area contributed by atoms with Gasteiger partial charge in [-0.3, -0.25) is 4.79 Å². The summed E-state index contributed by atoms with van der Waals surface area (Å²) < 4.78 is 1.84. The normalized spacial score (nSPS) is 10.8. The van der Waals surface area contributed by atoms with E-state index in [4.69, 9.17) is 0 Å². The maximum absolute atomic E-state index is 13.0. The fourth-order valence-corrected chi connectivity index (χ4v) is 3.44. The Balaban J connectivity index is 1.77. The molecule has 1 N–H and O–H groups in total. The molecule has 4 nitrogen and oxygen atoms in total. The smallest absolute Gasteiger partial charge is 0.276 e. The highest BCUT2D eigenvalue weighted by Crippen LogP contribution is 2.26. The average molecular weight is 396 g/mol. The molecule has 1 heterocycles. The molecule has 0 bridgehead atoms. The van der Waals surface area contributed by atoms with E-state index in [-0.39, 0.29) is 5.91 Å². The van der Waals surface area contributed by atoms with E-state index in [1.807, 2.05) is 67.9 Å². The van der Waals surface area contributed by atoms with Crippen LogP contribution in [0.25, 0.3) is 16.9 Å². The summed E-state index contributed by atoms with van der Waals surface area (Å²) in [7, 11) is 0. The Labute approximate surface area is 177 Å². The third-order valence-electron chi connectivity index (χ3n) is 5.18. The van der Waals surface area contributed by atoms with Gasteiger partial charge in [0.25, 0.3) is 5.91 Å². The molecular weight excluding hydrogens is 370 g/mol. The lowest BCUT2D eigenvalue weighted by atomic mass is 10.1. The number of aromatic nitrogens is 2. The Morgan fingerprint density at radius 1 is 0.800 bits per heavy atom. The van der Waals surface area contributed by atoms with Crippen LogP contribution in [0.5, 0.6) is 0 Å². The highest BCUT2D eigenvalue weighted by molar-refractivity contribution is 6.04. The molecule has 0 saturated carbocycles. The summed E-state index contributed by atoms with van der Waals surface area (Å²) >= 11 is 0. The quantitative estimate of drug-likeness (QED) is 0.459. The van der Waals surface area contributed by atoms with E-state index in [2.05, 4.69) is 47.7 Å². The average Bonchev–Trinajstić information content (AvgIpc) is 3.17. The van der Waals surface area contributed by atoms with Crippen LogP contribution < -0.4 is 5.32 Å². The van der Waals surface area contributed by atoms with Crippen molar-refractivity contribution in [2.75, 3.05) is 5.32 Å². The second kappa shape index (κ2) is 7.99. The van der Waals surface area contributed by atoms with Crippen LogP contribution in [0.1, 0.15) is 32.7 Å². The van der Waals surface area contributed by atoms with Gasteiger partial charge in [-0.1, -0.05) is 54.1 Å². The first-order chi connectivity index (χ1) is 14.4. The minimum atomic E-state index is -0.219. The highest BCUT2D eigenvalue weighted by atomic mass is 16.2. The fourth-order valence-electron chi connectivity index (χ4n) is 3.44. The van der Waals surface area contributed by atoms with Crippen LogP contribution >= 0.6 is 0 Å². The van der Waals surface area contributed by atoms with Gasteiger partial charge in [-0.05, 0) is 68.7 Å². The van der Waals surface area contributed by atoms with Crippen molar-refractivity contribution in [3.63, 3.8) is 0 Å². The number of carbonyl (C=O) groups excluding carboxylic acids is 1. The van der Waals surface area contributed by atoms with E-state index in [9.17, 15) is 4.79 Å². The van der Waals surface area contributed by atoms with Gasteiger partial charge in [0.2, 0.25) is 0 Å². The number of nitrogens with one attached hydrogen (secondary N) is 1.